The van der Waals surface area contributed by atoms with Crippen LogP contribution in [-0.4, -0.2) is 18.6 Å². The lowest BCUT2D eigenvalue weighted by Crippen LogP contribution is -2.32. The summed E-state index contributed by atoms with van der Waals surface area (Å²) in [6.07, 6.45) is 16.5. The second kappa shape index (κ2) is 10.7. The van der Waals surface area contributed by atoms with Crippen molar-refractivity contribution in [1.29, 1.82) is 0 Å². The van der Waals surface area contributed by atoms with Crippen molar-refractivity contribution in [1.82, 2.24) is 5.32 Å². The quantitative estimate of drug-likeness (QED) is 0.548. The fraction of sp³-hybridized carbons (Fsp3) is 0.400. The molecule has 0 spiro atoms. The largest absolute Gasteiger partial charge is 0.491 e. The molecule has 2 unspecified atom stereocenters. The molecule has 29 heavy (non-hydrogen) atoms. The lowest BCUT2D eigenvalue weighted by atomic mass is 9.88. The number of carbonyl (C=O) groups is 1. The third-order valence-electron chi connectivity index (χ3n) is 5.38. The lowest BCUT2D eigenvalue weighted by molar-refractivity contribution is -0.141. The Balaban J connectivity index is 1.70. The lowest BCUT2D eigenvalue weighted by Gasteiger charge is -2.27. The highest BCUT2D eigenvalue weighted by atomic mass is 16.5. The molecule has 1 aromatic carbocycles. The number of benzene rings is 1. The summed E-state index contributed by atoms with van der Waals surface area (Å²) in [7, 11) is 0. The molecular weight excluding hydrogens is 362 g/mol. The number of fused-ring (bicyclic) bond motifs is 1. The van der Waals surface area contributed by atoms with Gasteiger partial charge in [-0.2, -0.15) is 0 Å². The molecule has 2 atom stereocenters. The third-order valence-corrected chi connectivity index (χ3v) is 5.38. The monoisotopic (exact) mass is 393 g/mol. The summed E-state index contributed by atoms with van der Waals surface area (Å²) in [5.41, 5.74) is 3.71. The van der Waals surface area contributed by atoms with Crippen LogP contribution in [-0.2, 0) is 20.9 Å². The first kappa shape index (κ1) is 21.0. The van der Waals surface area contributed by atoms with Gasteiger partial charge < -0.3 is 14.8 Å². The molecule has 3 rings (SSSR count). The number of allylic oxidation sites excluding steroid dienone is 4. The van der Waals surface area contributed by atoms with Crippen molar-refractivity contribution in [3.63, 3.8) is 0 Å². The van der Waals surface area contributed by atoms with E-state index in [1.807, 2.05) is 24.4 Å². The number of rotatable bonds is 10. The molecule has 1 aromatic rings. The van der Waals surface area contributed by atoms with E-state index in [9.17, 15) is 4.79 Å². The number of ether oxygens (including phenoxy) is 2. The Labute approximate surface area is 174 Å². The van der Waals surface area contributed by atoms with Crippen LogP contribution < -0.4 is 5.32 Å². The third kappa shape index (κ3) is 5.86. The molecule has 1 N–H and O–H groups in total. The normalized spacial score (nSPS) is 18.2. The van der Waals surface area contributed by atoms with Crippen molar-refractivity contribution >= 4 is 5.97 Å². The predicted octanol–water partition coefficient (Wildman–Crippen LogP) is 5.30. The fourth-order valence-corrected chi connectivity index (χ4v) is 3.86. The van der Waals surface area contributed by atoms with Gasteiger partial charge in [-0.15, -0.1) is 0 Å². The summed E-state index contributed by atoms with van der Waals surface area (Å²) in [6, 6.07) is 8.56. The Morgan fingerprint density at radius 2 is 2.03 bits per heavy atom. The first-order valence-corrected chi connectivity index (χ1v) is 10.5. The van der Waals surface area contributed by atoms with Crippen molar-refractivity contribution in [3.05, 3.63) is 83.3 Å². The second-order valence-electron chi connectivity index (χ2n) is 7.51. The number of esters is 1. The standard InChI is InChI=1S/C25H31NO3/c1-3-4-9-20(15-17-28-19(2)27)23-13-6-5-10-22(23)18-29-24-14-7-11-21-12-8-16-26-25(21)24/h5-8,10-14,16,20,25-26H,3-4,9,15,17-18H2,1-2H3. The van der Waals surface area contributed by atoms with E-state index in [2.05, 4.69) is 48.7 Å². The highest BCUT2D eigenvalue weighted by Gasteiger charge is 2.22. The summed E-state index contributed by atoms with van der Waals surface area (Å²) >= 11 is 0. The van der Waals surface area contributed by atoms with E-state index in [-0.39, 0.29) is 12.0 Å². The molecule has 2 aliphatic rings. The van der Waals surface area contributed by atoms with Crippen LogP contribution in [0.2, 0.25) is 0 Å². The molecule has 1 heterocycles. The van der Waals surface area contributed by atoms with Gasteiger partial charge in [0.2, 0.25) is 0 Å². The SMILES string of the molecule is CCCCC(CCOC(C)=O)c1ccccc1COC1=CC=CC2=CC=CNC21. The van der Waals surface area contributed by atoms with Crippen LogP contribution in [0.25, 0.3) is 0 Å². The van der Waals surface area contributed by atoms with Gasteiger partial charge in [-0.1, -0.05) is 62.3 Å². The second-order valence-corrected chi connectivity index (χ2v) is 7.51. The molecule has 1 aliphatic heterocycles. The molecule has 0 amide bonds. The Hall–Kier alpha value is -2.75. The van der Waals surface area contributed by atoms with Gasteiger partial charge in [-0.05, 0) is 53.8 Å². The van der Waals surface area contributed by atoms with Crippen LogP contribution in [0.5, 0.6) is 0 Å². The molecule has 0 saturated heterocycles. The van der Waals surface area contributed by atoms with Gasteiger partial charge in [0, 0.05) is 6.92 Å². The minimum Gasteiger partial charge on any atom is -0.491 e. The Morgan fingerprint density at radius 3 is 2.86 bits per heavy atom. The minimum atomic E-state index is -0.217. The number of carbonyl (C=O) groups excluding carboxylic acids is 1. The number of hydrogen-bond donors (Lipinski definition) is 1. The molecular formula is C25H31NO3. The van der Waals surface area contributed by atoms with Gasteiger partial charge in [0.25, 0.3) is 0 Å². The van der Waals surface area contributed by atoms with Crippen LogP contribution in [0.1, 0.15) is 56.6 Å². The van der Waals surface area contributed by atoms with E-state index in [1.54, 1.807) is 0 Å². The molecule has 154 valence electrons. The summed E-state index contributed by atoms with van der Waals surface area (Å²) in [5.74, 6) is 1.08. The summed E-state index contributed by atoms with van der Waals surface area (Å²) in [5, 5.41) is 3.37. The van der Waals surface area contributed by atoms with E-state index in [4.69, 9.17) is 9.47 Å². The number of dihydropyridines is 1. The maximum Gasteiger partial charge on any atom is 0.302 e. The maximum atomic E-state index is 11.2. The number of nitrogens with one attached hydrogen (secondary N) is 1. The first-order chi connectivity index (χ1) is 14.2. The predicted molar refractivity (Wildman–Crippen MR) is 116 cm³/mol. The van der Waals surface area contributed by atoms with Gasteiger partial charge in [0.1, 0.15) is 18.4 Å². The molecule has 0 radical (unpaired) electrons. The van der Waals surface area contributed by atoms with E-state index < -0.39 is 0 Å². The molecule has 4 nitrogen and oxygen atoms in total. The van der Waals surface area contributed by atoms with Crippen LogP contribution in [0, 0.1) is 0 Å². The van der Waals surface area contributed by atoms with Crippen molar-refractivity contribution in [3.8, 4) is 0 Å². The fourth-order valence-electron chi connectivity index (χ4n) is 3.86. The summed E-state index contributed by atoms with van der Waals surface area (Å²) in [6.45, 7) is 4.66. The molecule has 0 saturated carbocycles. The average molecular weight is 394 g/mol. The zero-order valence-corrected chi connectivity index (χ0v) is 17.4. The average Bonchev–Trinajstić information content (AvgIpc) is 2.74. The zero-order valence-electron chi connectivity index (χ0n) is 17.4. The van der Waals surface area contributed by atoms with Crippen molar-refractivity contribution < 1.29 is 14.3 Å². The van der Waals surface area contributed by atoms with Gasteiger partial charge in [0.15, 0.2) is 0 Å². The number of unbranched alkanes of at least 4 members (excludes halogenated alkanes) is 1. The number of hydrogen-bond acceptors (Lipinski definition) is 4. The topological polar surface area (TPSA) is 47.6 Å². The van der Waals surface area contributed by atoms with Crippen LogP contribution in [0.3, 0.4) is 0 Å². The van der Waals surface area contributed by atoms with Crippen LogP contribution >= 0.6 is 0 Å². The Morgan fingerprint density at radius 1 is 1.17 bits per heavy atom. The van der Waals surface area contributed by atoms with Crippen LogP contribution in [0.4, 0.5) is 0 Å². The highest BCUT2D eigenvalue weighted by molar-refractivity contribution is 5.65. The van der Waals surface area contributed by atoms with Crippen LogP contribution in [0.15, 0.2) is 72.2 Å². The smallest absolute Gasteiger partial charge is 0.302 e. The van der Waals surface area contributed by atoms with E-state index in [1.165, 1.54) is 23.6 Å². The van der Waals surface area contributed by atoms with Gasteiger partial charge >= 0.3 is 5.97 Å². The first-order valence-electron chi connectivity index (χ1n) is 10.5. The van der Waals surface area contributed by atoms with Gasteiger partial charge in [-0.25, -0.2) is 0 Å². The molecule has 0 aromatic heterocycles. The Bertz CT molecular complexity index is 819. The molecule has 0 fully saturated rings. The summed E-state index contributed by atoms with van der Waals surface area (Å²) < 4.78 is 11.5. The molecule has 4 heteroatoms. The zero-order chi connectivity index (χ0) is 20.5. The Kier molecular flexibility index (Phi) is 7.74. The van der Waals surface area contributed by atoms with Gasteiger partial charge in [-0.3, -0.25) is 4.79 Å². The van der Waals surface area contributed by atoms with E-state index in [0.29, 0.717) is 19.1 Å². The van der Waals surface area contributed by atoms with E-state index >= 15 is 0 Å². The van der Waals surface area contributed by atoms with E-state index in [0.717, 1.165) is 31.4 Å². The summed E-state index contributed by atoms with van der Waals surface area (Å²) in [4.78, 5) is 11.2. The molecule has 0 bridgehead atoms. The van der Waals surface area contributed by atoms with Crippen molar-refractivity contribution in [2.45, 2.75) is 58.1 Å². The van der Waals surface area contributed by atoms with Crippen molar-refractivity contribution in [2.75, 3.05) is 6.61 Å². The highest BCUT2D eigenvalue weighted by Crippen LogP contribution is 2.30. The maximum absolute atomic E-state index is 11.2. The molecule has 1 aliphatic carbocycles. The van der Waals surface area contributed by atoms with Crippen molar-refractivity contribution in [2.24, 2.45) is 0 Å². The van der Waals surface area contributed by atoms with Gasteiger partial charge in [0.05, 0.1) is 6.61 Å². The minimum absolute atomic E-state index is 0.0806.